The summed E-state index contributed by atoms with van der Waals surface area (Å²) >= 11 is 0. The molecule has 2 aromatic heterocycles. The van der Waals surface area contributed by atoms with E-state index < -0.39 is 17.4 Å². The summed E-state index contributed by atoms with van der Waals surface area (Å²) in [6.07, 6.45) is -1.25. The maximum atomic E-state index is 13.1. The predicted octanol–water partition coefficient (Wildman–Crippen LogP) is 3.86. The summed E-state index contributed by atoms with van der Waals surface area (Å²) < 4.78 is 27.9. The van der Waals surface area contributed by atoms with Crippen LogP contribution in [0.5, 0.6) is 0 Å². The van der Waals surface area contributed by atoms with Crippen LogP contribution in [0.15, 0.2) is 36.4 Å². The molecule has 0 unspecified atom stereocenters. The van der Waals surface area contributed by atoms with Gasteiger partial charge in [0.2, 0.25) is 6.43 Å². The van der Waals surface area contributed by atoms with Gasteiger partial charge in [0.1, 0.15) is 0 Å². The molecule has 1 amide bonds. The van der Waals surface area contributed by atoms with Gasteiger partial charge in [0.25, 0.3) is 5.91 Å². The van der Waals surface area contributed by atoms with E-state index in [1.165, 1.54) is 0 Å². The van der Waals surface area contributed by atoms with Crippen molar-refractivity contribution in [2.24, 2.45) is 12.5 Å². The Hall–Kier alpha value is -2.83. The van der Waals surface area contributed by atoms with Crippen LogP contribution in [0.3, 0.4) is 0 Å². The Morgan fingerprint density at radius 1 is 1.21 bits per heavy atom. The molecule has 1 aromatic carbocycles. The average Bonchev–Trinajstić information content (AvgIpc) is 2.90. The van der Waals surface area contributed by atoms with Gasteiger partial charge in [0.15, 0.2) is 5.65 Å². The molecular formula is C21H20F2N4O. The van der Waals surface area contributed by atoms with E-state index in [2.05, 4.69) is 10.4 Å². The largest absolute Gasteiger partial charge is 0.347 e. The smallest absolute Gasteiger partial charge is 0.252 e. The van der Waals surface area contributed by atoms with E-state index in [-0.39, 0.29) is 5.91 Å². The Labute approximate surface area is 160 Å². The van der Waals surface area contributed by atoms with Gasteiger partial charge < -0.3 is 5.32 Å². The number of benzene rings is 1. The lowest BCUT2D eigenvalue weighted by Gasteiger charge is -2.69. The van der Waals surface area contributed by atoms with Crippen LogP contribution >= 0.6 is 0 Å². The van der Waals surface area contributed by atoms with Gasteiger partial charge in [-0.2, -0.15) is 5.10 Å². The second-order valence-corrected chi connectivity index (χ2v) is 8.26. The predicted molar refractivity (Wildman–Crippen MR) is 101 cm³/mol. The van der Waals surface area contributed by atoms with E-state index in [1.54, 1.807) is 17.8 Å². The summed E-state index contributed by atoms with van der Waals surface area (Å²) in [5.41, 5.74) is 2.07. The number of aryl methyl sites for hydroxylation is 2. The lowest BCUT2D eigenvalue weighted by molar-refractivity contribution is -0.223. The third-order valence-corrected chi connectivity index (χ3v) is 6.20. The number of nitrogens with zero attached hydrogens (tertiary/aromatic N) is 3. The van der Waals surface area contributed by atoms with Crippen molar-refractivity contribution in [1.82, 2.24) is 20.1 Å². The van der Waals surface area contributed by atoms with Crippen molar-refractivity contribution in [2.75, 3.05) is 0 Å². The Balaban J connectivity index is 1.54. The maximum absolute atomic E-state index is 13.1. The molecule has 0 spiro atoms. The van der Waals surface area contributed by atoms with Crippen molar-refractivity contribution in [3.8, 4) is 11.3 Å². The number of rotatable bonds is 4. The quantitative estimate of drug-likeness (QED) is 0.745. The highest BCUT2D eigenvalue weighted by atomic mass is 19.3. The summed E-state index contributed by atoms with van der Waals surface area (Å²) in [4.78, 5) is 17.9. The molecule has 144 valence electrons. The number of fused-ring (bicyclic) bond motifs is 1. The van der Waals surface area contributed by atoms with Gasteiger partial charge in [-0.05, 0) is 32.3 Å². The molecule has 5 nitrogen and oxygen atoms in total. The van der Waals surface area contributed by atoms with Crippen LogP contribution in [0.4, 0.5) is 8.78 Å². The van der Waals surface area contributed by atoms with Crippen LogP contribution in [-0.4, -0.2) is 32.6 Å². The van der Waals surface area contributed by atoms with Crippen LogP contribution in [0.2, 0.25) is 0 Å². The fourth-order valence-electron chi connectivity index (χ4n) is 4.92. The van der Waals surface area contributed by atoms with E-state index >= 15 is 0 Å². The summed E-state index contributed by atoms with van der Waals surface area (Å²) in [7, 11) is 1.80. The first-order valence-electron chi connectivity index (χ1n) is 9.33. The molecule has 7 heteroatoms. The number of amides is 1. The number of pyridine rings is 1. The molecule has 2 heterocycles. The van der Waals surface area contributed by atoms with Gasteiger partial charge in [-0.25, -0.2) is 13.8 Å². The first-order chi connectivity index (χ1) is 13.3. The molecule has 0 radical (unpaired) electrons. The summed E-state index contributed by atoms with van der Waals surface area (Å²) in [5.74, 6) is -0.247. The van der Waals surface area contributed by atoms with Crippen molar-refractivity contribution in [3.05, 3.63) is 47.7 Å². The molecular weight excluding hydrogens is 362 g/mol. The monoisotopic (exact) mass is 382 g/mol. The highest BCUT2D eigenvalue weighted by Crippen LogP contribution is 2.69. The molecule has 28 heavy (non-hydrogen) atoms. The topological polar surface area (TPSA) is 59.8 Å². The molecule has 0 atom stereocenters. The first-order valence-corrected chi connectivity index (χ1v) is 9.33. The van der Waals surface area contributed by atoms with E-state index in [0.717, 1.165) is 11.3 Å². The van der Waals surface area contributed by atoms with Gasteiger partial charge in [-0.1, -0.05) is 30.3 Å². The fourth-order valence-corrected chi connectivity index (χ4v) is 4.92. The highest BCUT2D eigenvalue weighted by Gasteiger charge is 2.72. The summed E-state index contributed by atoms with van der Waals surface area (Å²) in [6, 6.07) is 11.4. The molecule has 3 fully saturated rings. The second-order valence-electron chi connectivity index (χ2n) is 8.26. The number of aromatic nitrogens is 3. The SMILES string of the molecule is Cc1nn(C)c2nc(-c3ccccc3)cc(C(=O)NC34CC(C(F)F)(C3)C4)c12. The van der Waals surface area contributed by atoms with Crippen molar-refractivity contribution >= 4 is 16.9 Å². The first kappa shape index (κ1) is 17.3. The zero-order valence-electron chi connectivity index (χ0n) is 15.7. The van der Waals surface area contributed by atoms with E-state index in [9.17, 15) is 13.6 Å². The number of hydrogen-bond acceptors (Lipinski definition) is 3. The van der Waals surface area contributed by atoms with E-state index in [1.807, 2.05) is 37.3 Å². The van der Waals surface area contributed by atoms with Crippen LogP contribution in [-0.2, 0) is 7.05 Å². The summed E-state index contributed by atoms with van der Waals surface area (Å²) in [6.45, 7) is 1.84. The summed E-state index contributed by atoms with van der Waals surface area (Å²) in [5, 5.41) is 8.15. The minimum absolute atomic E-state index is 0.247. The average molecular weight is 382 g/mol. The normalized spacial score (nSPS) is 25.5. The highest BCUT2D eigenvalue weighted by molar-refractivity contribution is 6.08. The van der Waals surface area contributed by atoms with Crippen LogP contribution < -0.4 is 5.32 Å². The number of alkyl halides is 2. The van der Waals surface area contributed by atoms with Crippen LogP contribution in [0.25, 0.3) is 22.3 Å². The minimum atomic E-state index is -2.32. The molecule has 3 saturated carbocycles. The number of nitrogens with one attached hydrogen (secondary N) is 1. The van der Waals surface area contributed by atoms with Gasteiger partial charge in [0.05, 0.1) is 22.3 Å². The molecule has 1 N–H and O–H groups in total. The van der Waals surface area contributed by atoms with Crippen LogP contribution in [0.1, 0.15) is 35.3 Å². The molecule has 3 aliphatic carbocycles. The number of hydrogen-bond donors (Lipinski definition) is 1. The third kappa shape index (κ3) is 2.31. The van der Waals surface area contributed by atoms with E-state index in [4.69, 9.17) is 4.98 Å². The van der Waals surface area contributed by atoms with Gasteiger partial charge in [-0.3, -0.25) is 9.48 Å². The minimum Gasteiger partial charge on any atom is -0.347 e. The molecule has 0 aliphatic heterocycles. The van der Waals surface area contributed by atoms with Crippen molar-refractivity contribution in [1.29, 1.82) is 0 Å². The van der Waals surface area contributed by atoms with Gasteiger partial charge >= 0.3 is 0 Å². The fraction of sp³-hybridized carbons (Fsp3) is 0.381. The number of carbonyl (C=O) groups is 1. The zero-order chi connectivity index (χ0) is 19.7. The van der Waals surface area contributed by atoms with E-state index in [0.29, 0.717) is 41.6 Å². The molecule has 0 saturated heterocycles. The standard InChI is InChI=1S/C21H20F2N4O/c1-12-16-14(18(28)25-21-9-20(10-21,11-21)19(22)23)8-15(13-6-4-3-5-7-13)24-17(16)27(2)26-12/h3-8,19H,9-11H2,1-2H3,(H,25,28). The van der Waals surface area contributed by atoms with Crippen molar-refractivity contribution in [3.63, 3.8) is 0 Å². The van der Waals surface area contributed by atoms with Crippen molar-refractivity contribution in [2.45, 2.75) is 38.2 Å². The van der Waals surface area contributed by atoms with Crippen molar-refractivity contribution < 1.29 is 13.6 Å². The lowest BCUT2D eigenvalue weighted by Crippen LogP contribution is -2.76. The Bertz CT molecular complexity index is 1090. The molecule has 6 rings (SSSR count). The Morgan fingerprint density at radius 2 is 1.89 bits per heavy atom. The Morgan fingerprint density at radius 3 is 2.54 bits per heavy atom. The van der Waals surface area contributed by atoms with Crippen LogP contribution in [0, 0.1) is 12.3 Å². The molecule has 3 aromatic rings. The molecule has 2 bridgehead atoms. The third-order valence-electron chi connectivity index (χ3n) is 6.20. The number of carbonyl (C=O) groups excluding carboxylic acids is 1. The second kappa shape index (κ2) is 5.59. The Kier molecular flexibility index (Phi) is 3.45. The number of halogens is 2. The molecule has 3 aliphatic rings. The zero-order valence-corrected chi connectivity index (χ0v) is 15.7. The van der Waals surface area contributed by atoms with Gasteiger partial charge in [-0.15, -0.1) is 0 Å². The lowest BCUT2D eigenvalue weighted by atomic mass is 9.39. The maximum Gasteiger partial charge on any atom is 0.252 e. The van der Waals surface area contributed by atoms with Gasteiger partial charge in [0, 0.05) is 23.6 Å².